The third kappa shape index (κ3) is 6.83. The number of amides is 1. The van der Waals surface area contributed by atoms with Gasteiger partial charge in [0.25, 0.3) is 0 Å². The van der Waals surface area contributed by atoms with Crippen LogP contribution in [0, 0.1) is 0 Å². The number of aryl methyl sites for hydroxylation is 1. The topological polar surface area (TPSA) is 101 Å². The molecule has 3 rings (SSSR count). The number of rotatable bonds is 11. The van der Waals surface area contributed by atoms with E-state index >= 15 is 0 Å². The highest BCUT2D eigenvalue weighted by Crippen LogP contribution is 2.29. The van der Waals surface area contributed by atoms with Gasteiger partial charge < -0.3 is 24.5 Å². The highest BCUT2D eigenvalue weighted by atomic mass is 19.4. The van der Waals surface area contributed by atoms with E-state index in [1.807, 2.05) is 4.57 Å². The van der Waals surface area contributed by atoms with Gasteiger partial charge in [-0.05, 0) is 49.7 Å². The summed E-state index contributed by atoms with van der Waals surface area (Å²) in [5, 5.41) is 3.05. The van der Waals surface area contributed by atoms with E-state index in [1.54, 1.807) is 32.2 Å². The van der Waals surface area contributed by atoms with Crippen LogP contribution in [-0.2, 0) is 22.6 Å². The summed E-state index contributed by atoms with van der Waals surface area (Å²) in [4.78, 5) is 16.0. The Balaban J connectivity index is 1.82. The Bertz CT molecular complexity index is 1080. The lowest BCUT2D eigenvalue weighted by atomic mass is 10.2. The summed E-state index contributed by atoms with van der Waals surface area (Å²) >= 11 is 0. The largest absolute Gasteiger partial charge is 0.573 e. The van der Waals surface area contributed by atoms with Crippen molar-refractivity contribution in [3.63, 3.8) is 0 Å². The van der Waals surface area contributed by atoms with E-state index in [0.717, 1.165) is 23.3 Å². The monoisotopic (exact) mass is 466 g/mol. The zero-order valence-electron chi connectivity index (χ0n) is 18.2. The molecule has 0 aliphatic heterocycles. The standard InChI is InChI=1S/C22H25F3N4O4/c1-14(21(26)30)27-13-20-28-18-9-8-17(12-19(18)29(20)10-3-11-31-2)32-15-4-6-16(7-5-15)33-22(23,24)25/h4-9,12,14,27H,3,10-11,13H2,1-2H3,(H2,26,30)/t14-/m0/s1. The number of halogens is 3. The molecule has 3 N–H and O–H groups in total. The second-order valence-corrected chi connectivity index (χ2v) is 7.30. The van der Waals surface area contributed by atoms with E-state index in [-0.39, 0.29) is 5.75 Å². The van der Waals surface area contributed by atoms with Crippen molar-refractivity contribution in [2.45, 2.75) is 38.8 Å². The predicted molar refractivity (Wildman–Crippen MR) is 115 cm³/mol. The van der Waals surface area contributed by atoms with Gasteiger partial charge in [-0.15, -0.1) is 13.2 Å². The first-order valence-electron chi connectivity index (χ1n) is 10.2. The van der Waals surface area contributed by atoms with Crippen LogP contribution < -0.4 is 20.5 Å². The van der Waals surface area contributed by atoms with Crippen LogP contribution in [-0.4, -0.2) is 41.6 Å². The van der Waals surface area contributed by atoms with Crippen molar-refractivity contribution in [1.29, 1.82) is 0 Å². The molecule has 33 heavy (non-hydrogen) atoms. The van der Waals surface area contributed by atoms with Crippen LogP contribution in [0.15, 0.2) is 42.5 Å². The molecule has 0 aliphatic carbocycles. The number of primary amides is 1. The Morgan fingerprint density at radius 1 is 1.15 bits per heavy atom. The van der Waals surface area contributed by atoms with Gasteiger partial charge >= 0.3 is 6.36 Å². The van der Waals surface area contributed by atoms with Gasteiger partial charge in [0.2, 0.25) is 5.91 Å². The average molecular weight is 466 g/mol. The van der Waals surface area contributed by atoms with E-state index in [9.17, 15) is 18.0 Å². The molecule has 0 aliphatic rings. The minimum absolute atomic E-state index is 0.330. The SMILES string of the molecule is COCCCn1c(CN[C@@H](C)C(N)=O)nc2ccc(Oc3ccc(OC(F)(F)F)cc3)cc21. The van der Waals surface area contributed by atoms with Crippen molar-refractivity contribution in [1.82, 2.24) is 14.9 Å². The summed E-state index contributed by atoms with van der Waals surface area (Å²) in [5.74, 6) is 0.777. The molecule has 11 heteroatoms. The Kier molecular flexibility index (Phi) is 7.77. The Morgan fingerprint density at radius 2 is 1.82 bits per heavy atom. The quantitative estimate of drug-likeness (QED) is 0.418. The number of hydrogen-bond acceptors (Lipinski definition) is 6. The lowest BCUT2D eigenvalue weighted by Gasteiger charge is -2.13. The number of aromatic nitrogens is 2. The molecule has 0 unspecified atom stereocenters. The molecule has 0 bridgehead atoms. The zero-order valence-corrected chi connectivity index (χ0v) is 18.2. The number of nitrogens with two attached hydrogens (primary N) is 1. The van der Waals surface area contributed by atoms with Crippen LogP contribution in [0.2, 0.25) is 0 Å². The molecule has 2 aromatic carbocycles. The second kappa shape index (κ2) is 10.5. The normalized spacial score (nSPS) is 12.6. The number of alkyl halides is 3. The maximum absolute atomic E-state index is 12.3. The number of methoxy groups -OCH3 is 1. The number of benzene rings is 2. The highest BCUT2D eigenvalue weighted by Gasteiger charge is 2.31. The smallest absolute Gasteiger partial charge is 0.457 e. The minimum atomic E-state index is -4.75. The van der Waals surface area contributed by atoms with Gasteiger partial charge in [0.1, 0.15) is 23.1 Å². The number of imidazole rings is 1. The van der Waals surface area contributed by atoms with Gasteiger partial charge in [-0.25, -0.2) is 4.98 Å². The summed E-state index contributed by atoms with van der Waals surface area (Å²) in [6, 6.07) is 9.94. The van der Waals surface area contributed by atoms with Gasteiger partial charge in [-0.1, -0.05) is 0 Å². The third-order valence-electron chi connectivity index (χ3n) is 4.82. The van der Waals surface area contributed by atoms with Crippen molar-refractivity contribution in [3.8, 4) is 17.2 Å². The first kappa shape index (κ1) is 24.3. The molecule has 0 saturated carbocycles. The van der Waals surface area contributed by atoms with Crippen LogP contribution >= 0.6 is 0 Å². The van der Waals surface area contributed by atoms with Crippen molar-refractivity contribution < 1.29 is 32.2 Å². The fourth-order valence-electron chi connectivity index (χ4n) is 3.16. The summed E-state index contributed by atoms with van der Waals surface area (Å²) in [5.41, 5.74) is 6.86. The molecule has 3 aromatic rings. The average Bonchev–Trinajstić information content (AvgIpc) is 3.09. The van der Waals surface area contributed by atoms with Crippen molar-refractivity contribution in [2.24, 2.45) is 5.73 Å². The fraction of sp³-hybridized carbons (Fsp3) is 0.364. The van der Waals surface area contributed by atoms with Crippen LogP contribution in [0.1, 0.15) is 19.2 Å². The van der Waals surface area contributed by atoms with Gasteiger partial charge in [-0.2, -0.15) is 0 Å². The molecule has 1 heterocycles. The molecule has 0 radical (unpaired) electrons. The number of carbonyl (C=O) groups excluding carboxylic acids is 1. The number of nitrogens with one attached hydrogen (secondary N) is 1. The van der Waals surface area contributed by atoms with Crippen LogP contribution in [0.25, 0.3) is 11.0 Å². The summed E-state index contributed by atoms with van der Waals surface area (Å²) in [7, 11) is 1.62. The lowest BCUT2D eigenvalue weighted by molar-refractivity contribution is -0.274. The lowest BCUT2D eigenvalue weighted by Crippen LogP contribution is -2.38. The van der Waals surface area contributed by atoms with E-state index in [2.05, 4.69) is 15.0 Å². The summed E-state index contributed by atoms with van der Waals surface area (Å²) in [6.45, 7) is 3.20. The van der Waals surface area contributed by atoms with Crippen molar-refractivity contribution in [3.05, 3.63) is 48.3 Å². The van der Waals surface area contributed by atoms with Crippen molar-refractivity contribution >= 4 is 16.9 Å². The number of carbonyl (C=O) groups is 1. The van der Waals surface area contributed by atoms with Crippen molar-refractivity contribution in [2.75, 3.05) is 13.7 Å². The summed E-state index contributed by atoms with van der Waals surface area (Å²) < 4.78 is 53.8. The van der Waals surface area contributed by atoms with E-state index < -0.39 is 18.3 Å². The molecule has 1 amide bonds. The fourth-order valence-corrected chi connectivity index (χ4v) is 3.16. The van der Waals surface area contributed by atoms with E-state index in [4.69, 9.17) is 15.2 Å². The molecule has 0 saturated heterocycles. The molecule has 1 aromatic heterocycles. The first-order chi connectivity index (χ1) is 15.7. The maximum atomic E-state index is 12.3. The first-order valence-corrected chi connectivity index (χ1v) is 10.2. The minimum Gasteiger partial charge on any atom is -0.457 e. The summed E-state index contributed by atoms with van der Waals surface area (Å²) in [6.07, 6.45) is -4.01. The number of ether oxygens (including phenoxy) is 3. The molecule has 178 valence electrons. The Hall–Kier alpha value is -3.31. The highest BCUT2D eigenvalue weighted by molar-refractivity contribution is 5.79. The molecule has 1 atom stereocenters. The molecular weight excluding hydrogens is 441 g/mol. The maximum Gasteiger partial charge on any atom is 0.573 e. The number of fused-ring (bicyclic) bond motifs is 1. The third-order valence-corrected chi connectivity index (χ3v) is 4.82. The van der Waals surface area contributed by atoms with Crippen LogP contribution in [0.3, 0.4) is 0 Å². The van der Waals surface area contributed by atoms with Crippen LogP contribution in [0.5, 0.6) is 17.2 Å². The van der Waals surface area contributed by atoms with E-state index in [1.165, 1.54) is 24.3 Å². The van der Waals surface area contributed by atoms with Crippen LogP contribution in [0.4, 0.5) is 13.2 Å². The van der Waals surface area contributed by atoms with Gasteiger partial charge in [0, 0.05) is 26.3 Å². The Labute approximate surface area is 188 Å². The Morgan fingerprint density at radius 3 is 2.45 bits per heavy atom. The van der Waals surface area contributed by atoms with Gasteiger partial charge in [-0.3, -0.25) is 10.1 Å². The second-order valence-electron chi connectivity index (χ2n) is 7.30. The zero-order chi connectivity index (χ0) is 24.0. The molecule has 0 spiro atoms. The van der Waals surface area contributed by atoms with Gasteiger partial charge in [0.05, 0.1) is 23.6 Å². The number of hydrogen-bond donors (Lipinski definition) is 2. The molecule has 8 nitrogen and oxygen atoms in total. The van der Waals surface area contributed by atoms with Gasteiger partial charge in [0.15, 0.2) is 0 Å². The molecule has 0 fully saturated rings. The predicted octanol–water partition coefficient (Wildman–Crippen LogP) is 3.73. The van der Waals surface area contributed by atoms with E-state index in [0.29, 0.717) is 31.2 Å². The number of nitrogens with zero attached hydrogens (tertiary/aromatic N) is 2. The molecular formula is C22H25F3N4O4.